The van der Waals surface area contributed by atoms with E-state index in [4.69, 9.17) is 5.73 Å². The van der Waals surface area contributed by atoms with Crippen molar-refractivity contribution < 1.29 is 18.0 Å². The summed E-state index contributed by atoms with van der Waals surface area (Å²) in [7, 11) is 0. The van der Waals surface area contributed by atoms with E-state index in [1.54, 1.807) is 0 Å². The molecule has 0 spiro atoms. The van der Waals surface area contributed by atoms with Crippen molar-refractivity contribution >= 4 is 5.91 Å². The van der Waals surface area contributed by atoms with Gasteiger partial charge in [0.05, 0.1) is 5.56 Å². The van der Waals surface area contributed by atoms with Crippen LogP contribution in [0.25, 0.3) is 0 Å². The Morgan fingerprint density at radius 2 is 2.00 bits per heavy atom. The van der Waals surface area contributed by atoms with Crippen LogP contribution in [0.15, 0.2) is 18.2 Å². The molecule has 0 saturated heterocycles. The van der Waals surface area contributed by atoms with E-state index in [2.05, 4.69) is 0 Å². The third-order valence-corrected chi connectivity index (χ3v) is 1.52. The van der Waals surface area contributed by atoms with Gasteiger partial charge in [-0.1, -0.05) is 0 Å². The summed E-state index contributed by atoms with van der Waals surface area (Å²) in [5.74, 6) is -1.90. The Bertz CT molecular complexity index is 338. The molecule has 0 atom stereocenters. The van der Waals surface area contributed by atoms with Crippen LogP contribution in [0.2, 0.25) is 0 Å². The molecule has 1 rings (SSSR count). The van der Waals surface area contributed by atoms with Gasteiger partial charge in [0, 0.05) is 5.56 Å². The minimum atomic E-state index is -2.95. The maximum Gasteiger partial charge on any atom is 0.266 e. The van der Waals surface area contributed by atoms with Crippen LogP contribution in [0.4, 0.5) is 13.2 Å². The predicted molar refractivity (Wildman–Crippen MR) is 39.9 cm³/mol. The van der Waals surface area contributed by atoms with Crippen LogP contribution in [0.3, 0.4) is 0 Å². The summed E-state index contributed by atoms with van der Waals surface area (Å²) in [5.41, 5.74) is 3.89. The first-order valence-electron chi connectivity index (χ1n) is 3.39. The molecule has 0 fully saturated rings. The summed E-state index contributed by atoms with van der Waals surface area (Å²) in [6.07, 6.45) is -2.95. The standard InChI is InChI=1S/C8H6F3NO/c9-6-2-1-4(8(12)13)3-5(6)7(10)11/h1-3,7H,(H2,12,13). The van der Waals surface area contributed by atoms with Crippen LogP contribution < -0.4 is 5.73 Å². The van der Waals surface area contributed by atoms with Gasteiger partial charge in [0.1, 0.15) is 5.82 Å². The topological polar surface area (TPSA) is 43.1 Å². The van der Waals surface area contributed by atoms with Gasteiger partial charge >= 0.3 is 0 Å². The average molecular weight is 189 g/mol. The number of halogens is 3. The molecule has 13 heavy (non-hydrogen) atoms. The summed E-state index contributed by atoms with van der Waals surface area (Å²) in [5, 5.41) is 0. The minimum Gasteiger partial charge on any atom is -0.366 e. The second-order valence-corrected chi connectivity index (χ2v) is 2.40. The van der Waals surface area contributed by atoms with E-state index >= 15 is 0 Å². The van der Waals surface area contributed by atoms with Gasteiger partial charge in [0.15, 0.2) is 0 Å². The predicted octanol–water partition coefficient (Wildman–Crippen LogP) is 1.86. The van der Waals surface area contributed by atoms with Crippen molar-refractivity contribution in [1.29, 1.82) is 0 Å². The minimum absolute atomic E-state index is 0.128. The Kier molecular flexibility index (Phi) is 2.55. The van der Waals surface area contributed by atoms with Gasteiger partial charge < -0.3 is 5.73 Å². The Balaban J connectivity index is 3.19. The molecule has 70 valence electrons. The first-order chi connectivity index (χ1) is 6.02. The van der Waals surface area contributed by atoms with Gasteiger partial charge in [-0.25, -0.2) is 13.2 Å². The number of nitrogens with two attached hydrogens (primary N) is 1. The lowest BCUT2D eigenvalue weighted by Gasteiger charge is -2.02. The third kappa shape index (κ3) is 1.99. The highest BCUT2D eigenvalue weighted by Gasteiger charge is 2.14. The van der Waals surface area contributed by atoms with E-state index in [1.807, 2.05) is 0 Å². The zero-order chi connectivity index (χ0) is 10.0. The quantitative estimate of drug-likeness (QED) is 0.758. The van der Waals surface area contributed by atoms with E-state index in [-0.39, 0.29) is 5.56 Å². The first-order valence-corrected chi connectivity index (χ1v) is 3.39. The fourth-order valence-electron chi connectivity index (χ4n) is 0.864. The number of carbonyl (C=O) groups is 1. The molecule has 0 aliphatic carbocycles. The third-order valence-electron chi connectivity index (χ3n) is 1.52. The van der Waals surface area contributed by atoms with Gasteiger partial charge in [-0.15, -0.1) is 0 Å². The lowest BCUT2D eigenvalue weighted by atomic mass is 10.1. The molecule has 2 N–H and O–H groups in total. The summed E-state index contributed by atoms with van der Waals surface area (Å²) in [6, 6.07) is 2.60. The highest BCUT2D eigenvalue weighted by Crippen LogP contribution is 2.22. The zero-order valence-electron chi connectivity index (χ0n) is 6.43. The molecule has 1 amide bonds. The Hall–Kier alpha value is -1.52. The molecule has 0 bridgehead atoms. The maximum absolute atomic E-state index is 12.7. The zero-order valence-corrected chi connectivity index (χ0v) is 6.43. The number of amides is 1. The van der Waals surface area contributed by atoms with Crippen LogP contribution in [-0.4, -0.2) is 5.91 Å². The molecule has 0 aliphatic heterocycles. The number of benzene rings is 1. The van der Waals surface area contributed by atoms with Crippen molar-refractivity contribution in [3.05, 3.63) is 35.1 Å². The van der Waals surface area contributed by atoms with Gasteiger partial charge in [-0.2, -0.15) is 0 Å². The number of hydrogen-bond donors (Lipinski definition) is 1. The number of carbonyl (C=O) groups excluding carboxylic acids is 1. The highest BCUT2D eigenvalue weighted by molar-refractivity contribution is 5.92. The molecule has 1 aromatic carbocycles. The van der Waals surface area contributed by atoms with Crippen LogP contribution in [0, 0.1) is 5.82 Å². The van der Waals surface area contributed by atoms with E-state index in [1.165, 1.54) is 0 Å². The van der Waals surface area contributed by atoms with Gasteiger partial charge in [0.25, 0.3) is 6.43 Å². The average Bonchev–Trinajstić information content (AvgIpc) is 2.04. The number of rotatable bonds is 2. The summed E-state index contributed by atoms with van der Waals surface area (Å²) in [6.45, 7) is 0. The van der Waals surface area contributed by atoms with Crippen molar-refractivity contribution in [3.63, 3.8) is 0 Å². The molecule has 0 aromatic heterocycles. The first kappa shape index (κ1) is 9.57. The van der Waals surface area contributed by atoms with Crippen molar-refractivity contribution in [2.45, 2.75) is 6.43 Å². The number of primary amides is 1. The largest absolute Gasteiger partial charge is 0.366 e. The molecule has 0 heterocycles. The molecular formula is C8H6F3NO. The molecular weight excluding hydrogens is 183 g/mol. The van der Waals surface area contributed by atoms with E-state index in [0.29, 0.717) is 0 Å². The normalized spacial score (nSPS) is 10.5. The van der Waals surface area contributed by atoms with Crippen LogP contribution in [0.5, 0.6) is 0 Å². The van der Waals surface area contributed by atoms with Crippen LogP contribution >= 0.6 is 0 Å². The van der Waals surface area contributed by atoms with Gasteiger partial charge in [-0.3, -0.25) is 4.79 Å². The fraction of sp³-hybridized carbons (Fsp3) is 0.125. The van der Waals surface area contributed by atoms with Gasteiger partial charge in [-0.05, 0) is 18.2 Å². The van der Waals surface area contributed by atoms with Gasteiger partial charge in [0.2, 0.25) is 5.91 Å². The van der Waals surface area contributed by atoms with Crippen LogP contribution in [-0.2, 0) is 0 Å². The second kappa shape index (κ2) is 3.47. The number of hydrogen-bond acceptors (Lipinski definition) is 1. The van der Waals surface area contributed by atoms with Crippen LogP contribution in [0.1, 0.15) is 22.3 Å². The monoisotopic (exact) mass is 189 g/mol. The molecule has 5 heteroatoms. The van der Waals surface area contributed by atoms with Crippen molar-refractivity contribution in [1.82, 2.24) is 0 Å². The fourth-order valence-corrected chi connectivity index (χ4v) is 0.864. The maximum atomic E-state index is 12.7. The Morgan fingerprint density at radius 3 is 2.46 bits per heavy atom. The summed E-state index contributed by atoms with van der Waals surface area (Å²) < 4.78 is 36.8. The lowest BCUT2D eigenvalue weighted by molar-refractivity contribution is 0.0999. The smallest absolute Gasteiger partial charge is 0.266 e. The van der Waals surface area contributed by atoms with E-state index in [9.17, 15) is 18.0 Å². The Labute approximate surface area is 72.2 Å². The highest BCUT2D eigenvalue weighted by atomic mass is 19.3. The number of alkyl halides is 2. The van der Waals surface area contributed by atoms with E-state index < -0.39 is 23.7 Å². The Morgan fingerprint density at radius 1 is 1.38 bits per heavy atom. The molecule has 0 radical (unpaired) electrons. The SMILES string of the molecule is NC(=O)c1ccc(F)c(C(F)F)c1. The molecule has 0 aliphatic rings. The molecule has 0 unspecified atom stereocenters. The molecule has 0 saturated carbocycles. The van der Waals surface area contributed by atoms with Crippen molar-refractivity contribution in [3.8, 4) is 0 Å². The summed E-state index contributed by atoms with van der Waals surface area (Å²) >= 11 is 0. The molecule has 1 aromatic rings. The summed E-state index contributed by atoms with van der Waals surface area (Å²) in [4.78, 5) is 10.5. The van der Waals surface area contributed by atoms with Crippen molar-refractivity contribution in [2.75, 3.05) is 0 Å². The molecule has 2 nitrogen and oxygen atoms in total. The van der Waals surface area contributed by atoms with Crippen molar-refractivity contribution in [2.24, 2.45) is 5.73 Å². The second-order valence-electron chi connectivity index (χ2n) is 2.40. The lowest BCUT2D eigenvalue weighted by Crippen LogP contribution is -2.11. The van der Waals surface area contributed by atoms with E-state index in [0.717, 1.165) is 18.2 Å².